The van der Waals surface area contributed by atoms with Crippen LogP contribution in [0.1, 0.15) is 70.6 Å². The summed E-state index contributed by atoms with van der Waals surface area (Å²) in [4.78, 5) is 79.1. The van der Waals surface area contributed by atoms with E-state index in [2.05, 4.69) is 43.6 Å². The summed E-state index contributed by atoms with van der Waals surface area (Å²) in [5, 5.41) is 19.3. The molecule has 5 aliphatic rings. The van der Waals surface area contributed by atoms with Crippen molar-refractivity contribution in [1.82, 2.24) is 29.9 Å². The molecule has 3 unspecified atom stereocenters. The number of aliphatic hydroxyl groups excluding tert-OH is 1. The number of thiazole rings is 1. The number of hydrogen-bond donors (Lipinski definition) is 3. The molecule has 3 atom stereocenters. The summed E-state index contributed by atoms with van der Waals surface area (Å²) < 4.78 is 22.7. The molecular formula is C51H62N8O10S2. The molecule has 3 saturated heterocycles. The Kier molecular flexibility index (Phi) is 17.4. The predicted octanol–water partition coefficient (Wildman–Crippen LogP) is 4.06. The average molecular weight is 1010 g/mol. The first-order chi connectivity index (χ1) is 34.7. The number of hydrogen-bond acceptors (Lipinski definition) is 16. The number of rotatable bonds is 22. The molecule has 71 heavy (non-hydrogen) atoms. The normalized spacial score (nSPS) is 20.3. The largest absolute Gasteiger partial charge is 0.378 e. The highest BCUT2D eigenvalue weighted by Gasteiger charge is 2.41. The first-order valence-electron chi connectivity index (χ1n) is 24.5. The van der Waals surface area contributed by atoms with E-state index in [4.69, 9.17) is 18.9 Å². The van der Waals surface area contributed by atoms with E-state index >= 15 is 0 Å². The van der Waals surface area contributed by atoms with Crippen molar-refractivity contribution in [2.24, 2.45) is 0 Å². The highest BCUT2D eigenvalue weighted by atomic mass is 32.2. The molecule has 6 heterocycles. The summed E-state index contributed by atoms with van der Waals surface area (Å²) in [6, 6.07) is 20.6. The van der Waals surface area contributed by atoms with Crippen LogP contribution in [0.15, 0.2) is 83.2 Å². The van der Waals surface area contributed by atoms with Crippen molar-refractivity contribution in [3.8, 4) is 0 Å². The van der Waals surface area contributed by atoms with Crippen molar-refractivity contribution in [3.63, 3.8) is 0 Å². The van der Waals surface area contributed by atoms with E-state index in [1.807, 2.05) is 57.6 Å². The van der Waals surface area contributed by atoms with Gasteiger partial charge in [-0.3, -0.25) is 39.1 Å². The lowest BCUT2D eigenvalue weighted by Gasteiger charge is -2.43. The molecule has 5 aliphatic heterocycles. The van der Waals surface area contributed by atoms with Gasteiger partial charge in [0.05, 0.1) is 46.2 Å². The molecule has 5 amide bonds. The van der Waals surface area contributed by atoms with Gasteiger partial charge in [-0.15, -0.1) is 23.1 Å². The number of ether oxygens (including phenoxy) is 4. The van der Waals surface area contributed by atoms with Gasteiger partial charge < -0.3 is 44.1 Å². The fourth-order valence-corrected chi connectivity index (χ4v) is 11.6. The second-order valence-electron chi connectivity index (χ2n) is 18.1. The maximum Gasteiger partial charge on any atom is 0.255 e. The molecule has 18 nitrogen and oxygen atoms in total. The van der Waals surface area contributed by atoms with Crippen LogP contribution in [0, 0.1) is 0 Å². The van der Waals surface area contributed by atoms with Crippen LogP contribution in [0.25, 0.3) is 0 Å². The molecule has 3 N–H and O–H groups in total. The number of fused-ring (bicyclic) bond motifs is 2. The van der Waals surface area contributed by atoms with Crippen LogP contribution in [0.5, 0.6) is 0 Å². The van der Waals surface area contributed by atoms with E-state index < -0.39 is 24.2 Å². The van der Waals surface area contributed by atoms with Gasteiger partial charge in [0, 0.05) is 104 Å². The van der Waals surface area contributed by atoms with Crippen molar-refractivity contribution in [2.45, 2.75) is 68.0 Å². The lowest BCUT2D eigenvalue weighted by molar-refractivity contribution is -0.139. The number of anilines is 2. The van der Waals surface area contributed by atoms with Crippen LogP contribution in [0.2, 0.25) is 0 Å². The van der Waals surface area contributed by atoms with Crippen molar-refractivity contribution in [3.05, 3.63) is 106 Å². The number of piperazine rings is 1. The minimum atomic E-state index is -0.939. The van der Waals surface area contributed by atoms with Gasteiger partial charge in [-0.2, -0.15) is 0 Å². The van der Waals surface area contributed by atoms with Gasteiger partial charge >= 0.3 is 0 Å². The zero-order valence-electron chi connectivity index (χ0n) is 39.8. The van der Waals surface area contributed by atoms with Crippen LogP contribution in [0.3, 0.4) is 0 Å². The topological polar surface area (TPSA) is 196 Å². The van der Waals surface area contributed by atoms with Crippen LogP contribution in [-0.2, 0) is 51.2 Å². The standard InChI is InChI=1S/C51H62N8O10S2/c60-44-12-11-42(47(62)53-44)58-33-41-39(49(58)64)7-4-8-43(41)70-30-28-68-25-24-66-22-23-67-26-27-69-34-45(61)57-20-18-56(19-21-57)37-13-16-55(17-14-37)38-10-9-36-32-59(50(65)40(36)31-38)46(35-5-2-1-3-6-35)48(63)54-51-52-15-29-71-51/h1-10,15,29,31,37,42,46,50,65H,11-14,16-28,30,32-34H2,(H,52,54,63)(H,53,60,62). The van der Waals surface area contributed by atoms with Gasteiger partial charge in [0.15, 0.2) is 5.13 Å². The summed E-state index contributed by atoms with van der Waals surface area (Å²) in [7, 11) is 0. The zero-order chi connectivity index (χ0) is 49.1. The average Bonchev–Trinajstić information content (AvgIpc) is 4.12. The van der Waals surface area contributed by atoms with Crippen molar-refractivity contribution < 1.29 is 48.0 Å². The second kappa shape index (κ2) is 24.4. The third kappa shape index (κ3) is 12.5. The number of nitrogens with zero attached hydrogens (tertiary/aromatic N) is 6. The molecule has 3 aromatic carbocycles. The van der Waals surface area contributed by atoms with Gasteiger partial charge in [0.1, 0.15) is 24.9 Å². The van der Waals surface area contributed by atoms with Gasteiger partial charge in [0.2, 0.25) is 23.6 Å². The molecule has 0 aliphatic carbocycles. The third-order valence-corrected chi connectivity index (χ3v) is 15.6. The fourth-order valence-electron chi connectivity index (χ4n) is 10.1. The molecular weight excluding hydrogens is 949 g/mol. The first-order valence-corrected chi connectivity index (χ1v) is 26.4. The number of nitrogens with one attached hydrogen (secondary N) is 2. The molecule has 4 aromatic rings. The summed E-state index contributed by atoms with van der Waals surface area (Å²) in [6.07, 6.45) is 3.29. The van der Waals surface area contributed by atoms with Crippen molar-refractivity contribution in [1.29, 1.82) is 0 Å². The summed E-state index contributed by atoms with van der Waals surface area (Å²) in [5.74, 6) is -0.447. The lowest BCUT2D eigenvalue weighted by atomic mass is 10.0. The first kappa shape index (κ1) is 50.6. The number of carbonyl (C=O) groups excluding carboxylic acids is 5. The van der Waals surface area contributed by atoms with Gasteiger partial charge in [-0.1, -0.05) is 42.5 Å². The van der Waals surface area contributed by atoms with Crippen LogP contribution >= 0.6 is 23.1 Å². The molecule has 378 valence electrons. The molecule has 20 heteroatoms. The Morgan fingerprint density at radius 2 is 1.56 bits per heavy atom. The minimum Gasteiger partial charge on any atom is -0.378 e. The number of aromatic nitrogens is 1. The summed E-state index contributed by atoms with van der Waals surface area (Å²) >= 11 is 2.96. The van der Waals surface area contributed by atoms with E-state index in [0.717, 1.165) is 71.9 Å². The van der Waals surface area contributed by atoms with Gasteiger partial charge in [0.25, 0.3) is 5.91 Å². The van der Waals surface area contributed by atoms with E-state index in [9.17, 15) is 29.1 Å². The molecule has 0 bridgehead atoms. The third-order valence-electron chi connectivity index (χ3n) is 13.8. The van der Waals surface area contributed by atoms with E-state index in [-0.39, 0.29) is 36.7 Å². The number of amides is 5. The monoisotopic (exact) mass is 1010 g/mol. The summed E-state index contributed by atoms with van der Waals surface area (Å²) in [6.45, 7) is 8.49. The Bertz CT molecular complexity index is 2470. The molecule has 0 spiro atoms. The van der Waals surface area contributed by atoms with Crippen LogP contribution < -0.4 is 15.5 Å². The molecule has 0 saturated carbocycles. The summed E-state index contributed by atoms with van der Waals surface area (Å²) in [5.41, 5.74) is 5.22. The number of imide groups is 1. The Morgan fingerprint density at radius 1 is 0.831 bits per heavy atom. The molecule has 1 aromatic heterocycles. The fraction of sp³-hybridized carbons (Fsp3) is 0.490. The van der Waals surface area contributed by atoms with Gasteiger partial charge in [-0.05, 0) is 60.2 Å². The maximum absolute atomic E-state index is 13.7. The van der Waals surface area contributed by atoms with Crippen LogP contribution in [-0.4, -0.2) is 169 Å². The number of carbonyl (C=O) groups is 5. The minimum absolute atomic E-state index is 0.00648. The Hall–Kier alpha value is -5.29. The Labute approximate surface area is 421 Å². The van der Waals surface area contributed by atoms with Crippen molar-refractivity contribution in [2.75, 3.05) is 108 Å². The van der Waals surface area contributed by atoms with E-state index in [1.54, 1.807) is 28.9 Å². The molecule has 9 rings (SSSR count). The highest BCUT2D eigenvalue weighted by Crippen LogP contribution is 2.41. The maximum atomic E-state index is 13.7. The number of benzene rings is 3. The Balaban J connectivity index is 0.599. The zero-order valence-corrected chi connectivity index (χ0v) is 41.4. The van der Waals surface area contributed by atoms with E-state index in [1.165, 1.54) is 11.3 Å². The highest BCUT2D eigenvalue weighted by molar-refractivity contribution is 7.99. The number of aliphatic hydroxyl groups is 1. The van der Waals surface area contributed by atoms with E-state index in [0.29, 0.717) is 101 Å². The second-order valence-corrected chi connectivity index (χ2v) is 20.2. The SMILES string of the molecule is O=C1CCC(N2Cc3c(SCCOCCOCCOCCOCC(=O)N4CCN(C5CCN(c6ccc7c(c6)C(O)N(C(C(=O)Nc6nccs6)c6ccccc6)C7)CC5)CC4)cccc3C2=O)C(=O)N1. The van der Waals surface area contributed by atoms with Gasteiger partial charge in [-0.25, -0.2) is 4.98 Å². The quantitative estimate of drug-likeness (QED) is 0.0579. The predicted molar refractivity (Wildman–Crippen MR) is 267 cm³/mol. The smallest absolute Gasteiger partial charge is 0.255 e. The molecule has 3 fully saturated rings. The number of piperidine rings is 2. The number of thioether (sulfide) groups is 1. The lowest BCUT2D eigenvalue weighted by Crippen LogP contribution is -2.54. The Morgan fingerprint density at radius 3 is 2.28 bits per heavy atom. The molecule has 0 radical (unpaired) electrons. The van der Waals surface area contributed by atoms with Crippen LogP contribution in [0.4, 0.5) is 10.8 Å². The van der Waals surface area contributed by atoms with Crippen molar-refractivity contribution >= 4 is 63.5 Å².